The van der Waals surface area contributed by atoms with Gasteiger partial charge in [0.2, 0.25) is 5.28 Å². The molecule has 0 spiro atoms. The van der Waals surface area contributed by atoms with Crippen LogP contribution in [0.4, 0.5) is 5.82 Å². The SMILES string of the molecule is CC(CSc1nccs1)Nc1nc(Cl)nc2c1ncn2[C@@H]1O[C@H](CO)C(O)C1O. The number of halogens is 1. The van der Waals surface area contributed by atoms with Gasteiger partial charge < -0.3 is 25.4 Å². The van der Waals surface area contributed by atoms with Gasteiger partial charge in [0.15, 0.2) is 23.2 Å². The molecule has 1 fully saturated rings. The fourth-order valence-electron chi connectivity index (χ4n) is 3.04. The normalized spacial score (nSPS) is 25.6. The van der Waals surface area contributed by atoms with Crippen molar-refractivity contribution in [3.05, 3.63) is 23.2 Å². The van der Waals surface area contributed by atoms with E-state index >= 15 is 0 Å². The summed E-state index contributed by atoms with van der Waals surface area (Å²) in [5, 5.41) is 34.8. The molecule has 0 amide bonds. The molecule has 3 aromatic heterocycles. The molecule has 0 aliphatic carbocycles. The summed E-state index contributed by atoms with van der Waals surface area (Å²) in [6.07, 6.45) is -1.11. The quantitative estimate of drug-likeness (QED) is 0.301. The molecule has 4 N–H and O–H groups in total. The first-order chi connectivity index (χ1) is 14.0. The van der Waals surface area contributed by atoms with Crippen molar-refractivity contribution in [3.8, 4) is 0 Å². The molecule has 1 saturated heterocycles. The van der Waals surface area contributed by atoms with Crippen LogP contribution in [0, 0.1) is 0 Å². The van der Waals surface area contributed by atoms with E-state index in [9.17, 15) is 15.3 Å². The van der Waals surface area contributed by atoms with Gasteiger partial charge in [0.25, 0.3) is 0 Å². The number of nitrogens with zero attached hydrogens (tertiary/aromatic N) is 5. The van der Waals surface area contributed by atoms with Gasteiger partial charge in [-0.25, -0.2) is 9.97 Å². The minimum atomic E-state index is -1.25. The van der Waals surface area contributed by atoms with E-state index < -0.39 is 31.1 Å². The van der Waals surface area contributed by atoms with E-state index in [0.717, 1.165) is 10.1 Å². The number of rotatable bonds is 7. The van der Waals surface area contributed by atoms with Crippen molar-refractivity contribution in [2.45, 2.75) is 41.8 Å². The number of nitrogens with one attached hydrogen (secondary N) is 1. The number of thioether (sulfide) groups is 1. The molecule has 0 aromatic carbocycles. The number of hydrogen-bond acceptors (Lipinski definition) is 11. The molecule has 10 nitrogen and oxygen atoms in total. The largest absolute Gasteiger partial charge is 0.394 e. The van der Waals surface area contributed by atoms with E-state index in [1.165, 1.54) is 10.9 Å². The van der Waals surface area contributed by atoms with Crippen molar-refractivity contribution in [1.29, 1.82) is 0 Å². The van der Waals surface area contributed by atoms with Crippen LogP contribution in [0.3, 0.4) is 0 Å². The summed E-state index contributed by atoms with van der Waals surface area (Å²) >= 11 is 9.33. The maximum absolute atomic E-state index is 10.3. The third-order valence-electron chi connectivity index (χ3n) is 4.44. The molecule has 156 valence electrons. The Labute approximate surface area is 178 Å². The van der Waals surface area contributed by atoms with E-state index in [1.54, 1.807) is 29.3 Å². The summed E-state index contributed by atoms with van der Waals surface area (Å²) in [6.45, 7) is 1.59. The van der Waals surface area contributed by atoms with Crippen LogP contribution < -0.4 is 5.32 Å². The Morgan fingerprint density at radius 2 is 2.17 bits per heavy atom. The number of aliphatic hydroxyl groups excluding tert-OH is 3. The Hall–Kier alpha value is -1.54. The summed E-state index contributed by atoms with van der Waals surface area (Å²) < 4.78 is 8.03. The number of anilines is 1. The molecule has 13 heteroatoms. The van der Waals surface area contributed by atoms with Gasteiger partial charge in [0, 0.05) is 23.4 Å². The number of thiazole rings is 1. The average molecular weight is 459 g/mol. The molecular formula is C16H19ClN6O4S2. The summed E-state index contributed by atoms with van der Waals surface area (Å²) in [6, 6.07) is 0.0390. The summed E-state index contributed by atoms with van der Waals surface area (Å²) in [5.41, 5.74) is 0.806. The topological polar surface area (TPSA) is 138 Å². The lowest BCUT2D eigenvalue weighted by Crippen LogP contribution is -2.33. The number of imidazole rings is 1. The zero-order valence-electron chi connectivity index (χ0n) is 15.2. The Bertz CT molecular complexity index is 974. The van der Waals surface area contributed by atoms with Crippen LogP contribution >= 0.6 is 34.7 Å². The van der Waals surface area contributed by atoms with Crippen LogP contribution in [0.15, 0.2) is 22.2 Å². The molecule has 0 bridgehead atoms. The fraction of sp³-hybridized carbons (Fsp3) is 0.500. The lowest BCUT2D eigenvalue weighted by molar-refractivity contribution is -0.0511. The Balaban J connectivity index is 1.57. The first-order valence-electron chi connectivity index (χ1n) is 8.79. The monoisotopic (exact) mass is 458 g/mol. The Morgan fingerprint density at radius 3 is 2.86 bits per heavy atom. The molecular weight excluding hydrogens is 440 g/mol. The Morgan fingerprint density at radius 1 is 1.34 bits per heavy atom. The highest BCUT2D eigenvalue weighted by Gasteiger charge is 2.44. The second-order valence-electron chi connectivity index (χ2n) is 6.55. The third-order valence-corrected chi connectivity index (χ3v) is 6.83. The predicted molar refractivity (Wildman–Crippen MR) is 109 cm³/mol. The predicted octanol–water partition coefficient (Wildman–Crippen LogP) is 1.14. The van der Waals surface area contributed by atoms with Gasteiger partial charge in [-0.2, -0.15) is 9.97 Å². The first-order valence-corrected chi connectivity index (χ1v) is 11.0. The molecule has 5 atom stereocenters. The smallest absolute Gasteiger partial charge is 0.226 e. The minimum Gasteiger partial charge on any atom is -0.394 e. The summed E-state index contributed by atoms with van der Waals surface area (Å²) in [5.74, 6) is 1.21. The summed E-state index contributed by atoms with van der Waals surface area (Å²) in [4.78, 5) is 17.0. The van der Waals surface area contributed by atoms with Crippen LogP contribution in [0.2, 0.25) is 5.28 Å². The number of fused-ring (bicyclic) bond motifs is 1. The van der Waals surface area contributed by atoms with Crippen molar-refractivity contribution in [2.24, 2.45) is 0 Å². The van der Waals surface area contributed by atoms with Gasteiger partial charge in [0.05, 0.1) is 12.9 Å². The molecule has 1 aliphatic rings. The maximum atomic E-state index is 10.3. The van der Waals surface area contributed by atoms with Crippen molar-refractivity contribution in [3.63, 3.8) is 0 Å². The molecule has 3 aromatic rings. The van der Waals surface area contributed by atoms with Crippen molar-refractivity contribution in [2.75, 3.05) is 17.7 Å². The van der Waals surface area contributed by atoms with Gasteiger partial charge in [-0.3, -0.25) is 4.57 Å². The lowest BCUT2D eigenvalue weighted by atomic mass is 10.1. The molecule has 0 saturated carbocycles. The molecule has 29 heavy (non-hydrogen) atoms. The van der Waals surface area contributed by atoms with Crippen molar-refractivity contribution in [1.82, 2.24) is 24.5 Å². The zero-order chi connectivity index (χ0) is 20.5. The van der Waals surface area contributed by atoms with Crippen LogP contribution in [0.1, 0.15) is 13.2 Å². The fourth-order valence-corrected chi connectivity index (χ4v) is 4.82. The van der Waals surface area contributed by atoms with Crippen LogP contribution in [-0.4, -0.2) is 76.5 Å². The second kappa shape index (κ2) is 8.68. The highest BCUT2D eigenvalue weighted by atomic mass is 35.5. The van der Waals surface area contributed by atoms with Gasteiger partial charge in [-0.1, -0.05) is 11.8 Å². The molecule has 0 radical (unpaired) electrons. The highest BCUT2D eigenvalue weighted by molar-refractivity contribution is 8.01. The number of aliphatic hydroxyl groups is 3. The minimum absolute atomic E-state index is 0.00766. The highest BCUT2D eigenvalue weighted by Crippen LogP contribution is 2.33. The molecule has 3 unspecified atom stereocenters. The molecule has 1 aliphatic heterocycles. The van der Waals surface area contributed by atoms with Gasteiger partial charge in [-0.15, -0.1) is 11.3 Å². The standard InChI is InChI=1S/C16H19ClN6O4S2/c1-7(5-29-16-18-2-3-28-16)20-12-9-13(22-15(17)21-12)23(6-19-9)14-11(26)10(25)8(4-24)27-14/h2-3,6-8,10-11,14,24-26H,4-5H2,1H3,(H,20,21,22)/t7?,8-,10?,11?,14-/m1/s1. The number of aromatic nitrogens is 5. The Kier molecular flexibility index (Phi) is 6.20. The van der Waals surface area contributed by atoms with E-state index in [4.69, 9.17) is 16.3 Å². The lowest BCUT2D eigenvalue weighted by Gasteiger charge is -2.17. The number of hydrogen-bond donors (Lipinski definition) is 4. The first kappa shape index (κ1) is 20.7. The van der Waals surface area contributed by atoms with Gasteiger partial charge in [0.1, 0.15) is 22.7 Å². The van der Waals surface area contributed by atoms with Crippen molar-refractivity contribution < 1.29 is 20.1 Å². The summed E-state index contributed by atoms with van der Waals surface area (Å²) in [7, 11) is 0. The van der Waals surface area contributed by atoms with E-state index in [1.807, 2.05) is 12.3 Å². The second-order valence-corrected chi connectivity index (χ2v) is 9.05. The average Bonchev–Trinajstić information content (AvgIpc) is 3.41. The third kappa shape index (κ3) is 4.19. The van der Waals surface area contributed by atoms with Gasteiger partial charge in [-0.05, 0) is 18.5 Å². The van der Waals surface area contributed by atoms with E-state index in [-0.39, 0.29) is 11.3 Å². The number of ether oxygens (including phenoxy) is 1. The molecule has 4 rings (SSSR count). The van der Waals surface area contributed by atoms with E-state index in [0.29, 0.717) is 17.0 Å². The zero-order valence-corrected chi connectivity index (χ0v) is 17.6. The van der Waals surface area contributed by atoms with Crippen LogP contribution in [0.25, 0.3) is 11.2 Å². The van der Waals surface area contributed by atoms with Gasteiger partial charge >= 0.3 is 0 Å². The van der Waals surface area contributed by atoms with Crippen molar-refractivity contribution >= 4 is 51.7 Å². The maximum Gasteiger partial charge on any atom is 0.226 e. The molecule has 4 heterocycles. The van der Waals surface area contributed by atoms with Crippen LogP contribution in [0.5, 0.6) is 0 Å². The van der Waals surface area contributed by atoms with Crippen LogP contribution in [-0.2, 0) is 4.74 Å². The van der Waals surface area contributed by atoms with E-state index in [2.05, 4.69) is 25.3 Å².